The molecule has 2 rings (SSSR count). The third-order valence-electron chi connectivity index (χ3n) is 2.66. The summed E-state index contributed by atoms with van der Waals surface area (Å²) in [6.45, 7) is 0. The Hall–Kier alpha value is -2.12. The molecule has 5 nitrogen and oxygen atoms in total. The van der Waals surface area contributed by atoms with Gasteiger partial charge >= 0.3 is 16.1 Å². The second-order valence-corrected chi connectivity index (χ2v) is 6.05. The Kier molecular flexibility index (Phi) is 4.68. The van der Waals surface area contributed by atoms with Gasteiger partial charge in [-0.2, -0.15) is 8.42 Å². The number of carbonyl (C=O) groups excluding carboxylic acids is 1. The Labute approximate surface area is 131 Å². The van der Waals surface area contributed by atoms with Crippen molar-refractivity contribution in [3.05, 3.63) is 58.9 Å². The first-order valence-corrected chi connectivity index (χ1v) is 7.70. The van der Waals surface area contributed by atoms with Crippen molar-refractivity contribution in [1.82, 2.24) is 0 Å². The zero-order valence-corrected chi connectivity index (χ0v) is 12.8. The van der Waals surface area contributed by atoms with E-state index < -0.39 is 26.8 Å². The van der Waals surface area contributed by atoms with E-state index in [1.807, 2.05) is 0 Å². The SMILES string of the molecule is COC(=O)c1ccccc1OS(=O)(=O)c1ccc(Cl)cc1F. The molecule has 0 spiro atoms. The molecule has 22 heavy (non-hydrogen) atoms. The lowest BCUT2D eigenvalue weighted by atomic mass is 10.2. The van der Waals surface area contributed by atoms with Gasteiger partial charge in [-0.3, -0.25) is 0 Å². The molecule has 0 aliphatic rings. The van der Waals surface area contributed by atoms with Gasteiger partial charge in [-0.15, -0.1) is 0 Å². The van der Waals surface area contributed by atoms with E-state index in [1.165, 1.54) is 30.3 Å². The van der Waals surface area contributed by atoms with Gasteiger partial charge in [0.25, 0.3) is 0 Å². The molecule has 0 fully saturated rings. The van der Waals surface area contributed by atoms with Gasteiger partial charge in [0.1, 0.15) is 16.3 Å². The highest BCUT2D eigenvalue weighted by atomic mass is 35.5. The number of methoxy groups -OCH3 is 1. The van der Waals surface area contributed by atoms with Crippen LogP contribution in [0.4, 0.5) is 4.39 Å². The molecule has 0 radical (unpaired) electrons. The summed E-state index contributed by atoms with van der Waals surface area (Å²) in [5.74, 6) is -2.09. The van der Waals surface area contributed by atoms with Crippen molar-refractivity contribution < 1.29 is 26.5 Å². The summed E-state index contributed by atoms with van der Waals surface area (Å²) in [5.41, 5.74) is -0.0945. The molecular weight excluding hydrogens is 335 g/mol. The molecule has 0 aromatic heterocycles. The molecule has 0 bridgehead atoms. The van der Waals surface area contributed by atoms with E-state index in [9.17, 15) is 17.6 Å². The summed E-state index contributed by atoms with van der Waals surface area (Å²) in [4.78, 5) is 10.9. The van der Waals surface area contributed by atoms with Gasteiger partial charge in [0.15, 0.2) is 5.75 Å². The van der Waals surface area contributed by atoms with Gasteiger partial charge in [0, 0.05) is 5.02 Å². The number of esters is 1. The fourth-order valence-corrected chi connectivity index (χ4v) is 2.82. The van der Waals surface area contributed by atoms with E-state index in [0.29, 0.717) is 0 Å². The van der Waals surface area contributed by atoms with Gasteiger partial charge in [-0.1, -0.05) is 23.7 Å². The first kappa shape index (κ1) is 16.3. The van der Waals surface area contributed by atoms with Crippen LogP contribution in [0.1, 0.15) is 10.4 Å². The molecule has 0 aliphatic heterocycles. The molecule has 0 saturated heterocycles. The Morgan fingerprint density at radius 3 is 2.50 bits per heavy atom. The van der Waals surface area contributed by atoms with Gasteiger partial charge < -0.3 is 8.92 Å². The molecule has 0 unspecified atom stereocenters. The molecule has 0 N–H and O–H groups in total. The van der Waals surface area contributed by atoms with Crippen molar-refractivity contribution >= 4 is 27.7 Å². The summed E-state index contributed by atoms with van der Waals surface area (Å²) >= 11 is 5.58. The van der Waals surface area contributed by atoms with Crippen molar-refractivity contribution in [2.45, 2.75) is 4.90 Å². The number of halogens is 2. The highest BCUT2D eigenvalue weighted by molar-refractivity contribution is 7.87. The van der Waals surface area contributed by atoms with E-state index in [1.54, 1.807) is 0 Å². The second-order valence-electron chi connectivity index (χ2n) is 4.10. The third-order valence-corrected chi connectivity index (χ3v) is 4.16. The lowest BCUT2D eigenvalue weighted by Crippen LogP contribution is -2.14. The molecule has 0 heterocycles. The number of para-hydroxylation sites is 1. The summed E-state index contributed by atoms with van der Waals surface area (Å²) in [7, 11) is -3.32. The van der Waals surface area contributed by atoms with Crippen LogP contribution >= 0.6 is 11.6 Å². The maximum atomic E-state index is 13.7. The second kappa shape index (κ2) is 6.33. The minimum atomic E-state index is -4.47. The van der Waals surface area contributed by atoms with Crippen LogP contribution in [0.15, 0.2) is 47.4 Å². The lowest BCUT2D eigenvalue weighted by Gasteiger charge is -2.10. The maximum Gasteiger partial charge on any atom is 0.342 e. The monoisotopic (exact) mass is 344 g/mol. The summed E-state index contributed by atoms with van der Waals surface area (Å²) in [6.07, 6.45) is 0. The van der Waals surface area contributed by atoms with Crippen molar-refractivity contribution in [3.63, 3.8) is 0 Å². The van der Waals surface area contributed by atoms with Crippen LogP contribution < -0.4 is 4.18 Å². The molecule has 0 amide bonds. The molecule has 2 aromatic carbocycles. The van der Waals surface area contributed by atoms with Gasteiger partial charge in [-0.25, -0.2) is 9.18 Å². The zero-order chi connectivity index (χ0) is 16.3. The first-order chi connectivity index (χ1) is 10.3. The first-order valence-electron chi connectivity index (χ1n) is 5.92. The van der Waals surface area contributed by atoms with E-state index in [0.717, 1.165) is 19.2 Å². The molecule has 0 saturated carbocycles. The van der Waals surface area contributed by atoms with Gasteiger partial charge in [0.05, 0.1) is 7.11 Å². The van der Waals surface area contributed by atoms with Crippen LogP contribution in [-0.2, 0) is 14.9 Å². The highest BCUT2D eigenvalue weighted by Gasteiger charge is 2.24. The smallest absolute Gasteiger partial charge is 0.342 e. The van der Waals surface area contributed by atoms with Gasteiger partial charge in [0.2, 0.25) is 0 Å². The van der Waals surface area contributed by atoms with E-state index in [2.05, 4.69) is 4.74 Å². The quantitative estimate of drug-likeness (QED) is 0.630. The predicted octanol–water partition coefficient (Wildman–Crippen LogP) is 3.03. The van der Waals surface area contributed by atoms with Crippen LogP contribution in [0.2, 0.25) is 5.02 Å². The maximum absolute atomic E-state index is 13.7. The predicted molar refractivity (Wildman–Crippen MR) is 77.0 cm³/mol. The molecular formula is C14H10ClFO5S. The molecule has 116 valence electrons. The molecule has 0 atom stereocenters. The Balaban J connectivity index is 2.44. The van der Waals surface area contributed by atoms with Crippen molar-refractivity contribution in [2.75, 3.05) is 7.11 Å². The van der Waals surface area contributed by atoms with Crippen LogP contribution in [0.3, 0.4) is 0 Å². The number of ether oxygens (including phenoxy) is 1. The molecule has 0 aliphatic carbocycles. The average Bonchev–Trinajstić information content (AvgIpc) is 2.46. The number of hydrogen-bond donors (Lipinski definition) is 0. The number of benzene rings is 2. The Morgan fingerprint density at radius 2 is 1.86 bits per heavy atom. The topological polar surface area (TPSA) is 69.7 Å². The summed E-state index contributed by atoms with van der Waals surface area (Å²) < 4.78 is 47.4. The normalized spacial score (nSPS) is 11.0. The minimum absolute atomic E-state index is 0.0476. The van der Waals surface area contributed by atoms with Crippen molar-refractivity contribution in [3.8, 4) is 5.75 Å². The summed E-state index contributed by atoms with van der Waals surface area (Å²) in [6, 6.07) is 8.61. The molecule has 2 aromatic rings. The third kappa shape index (κ3) is 3.37. The van der Waals surface area contributed by atoms with Crippen LogP contribution in [-0.4, -0.2) is 21.5 Å². The van der Waals surface area contributed by atoms with E-state index in [4.69, 9.17) is 15.8 Å². The van der Waals surface area contributed by atoms with Crippen molar-refractivity contribution in [1.29, 1.82) is 0 Å². The average molecular weight is 345 g/mol. The number of hydrogen-bond acceptors (Lipinski definition) is 5. The van der Waals surface area contributed by atoms with Crippen LogP contribution in [0.25, 0.3) is 0 Å². The van der Waals surface area contributed by atoms with Gasteiger partial charge in [-0.05, 0) is 30.3 Å². The largest absolute Gasteiger partial charge is 0.465 e. The van der Waals surface area contributed by atoms with Crippen molar-refractivity contribution in [2.24, 2.45) is 0 Å². The summed E-state index contributed by atoms with van der Waals surface area (Å²) in [5, 5.41) is 0.0476. The number of rotatable bonds is 4. The van der Waals surface area contributed by atoms with Crippen LogP contribution in [0, 0.1) is 5.82 Å². The highest BCUT2D eigenvalue weighted by Crippen LogP contribution is 2.26. The lowest BCUT2D eigenvalue weighted by molar-refractivity contribution is 0.0599. The Morgan fingerprint density at radius 1 is 1.18 bits per heavy atom. The van der Waals surface area contributed by atoms with E-state index >= 15 is 0 Å². The fourth-order valence-electron chi connectivity index (χ4n) is 1.66. The standard InChI is InChI=1S/C14H10ClFO5S/c1-20-14(17)10-4-2-3-5-12(10)21-22(18,19)13-7-6-9(15)8-11(13)16/h2-8H,1H3. The fraction of sp³-hybridized carbons (Fsp3) is 0.0714. The minimum Gasteiger partial charge on any atom is -0.465 e. The zero-order valence-electron chi connectivity index (χ0n) is 11.2. The molecule has 8 heteroatoms. The Bertz CT molecular complexity index is 820. The van der Waals surface area contributed by atoms with Crippen LogP contribution in [0.5, 0.6) is 5.75 Å². The van der Waals surface area contributed by atoms with E-state index in [-0.39, 0.29) is 16.3 Å². The number of carbonyl (C=O) groups is 1.